The quantitative estimate of drug-likeness (QED) is 0.447. The molecule has 3 unspecified atom stereocenters. The molecular weight excluding hydrogens is 506 g/mol. The Kier molecular flexibility index (Phi) is 8.36. The predicted molar refractivity (Wildman–Crippen MR) is 132 cm³/mol. The van der Waals surface area contributed by atoms with E-state index in [1.165, 1.54) is 19.1 Å². The molecule has 0 saturated carbocycles. The molecular formula is C26H31BrF2N2O3. The van der Waals surface area contributed by atoms with Crippen LogP contribution in [0, 0.1) is 17.0 Å². The lowest BCUT2D eigenvalue weighted by molar-refractivity contribution is -0.120. The predicted octanol–water partition coefficient (Wildman–Crippen LogP) is 4.78. The number of nitrogens with one attached hydrogen (secondary N) is 2. The van der Waals surface area contributed by atoms with E-state index < -0.39 is 23.8 Å². The van der Waals surface area contributed by atoms with Crippen molar-refractivity contribution < 1.29 is 23.4 Å². The molecule has 3 atom stereocenters. The largest absolute Gasteiger partial charge is 0.488 e. The summed E-state index contributed by atoms with van der Waals surface area (Å²) in [6.45, 7) is 7.98. The van der Waals surface area contributed by atoms with E-state index in [1.54, 1.807) is 12.3 Å². The van der Waals surface area contributed by atoms with Gasteiger partial charge in [-0.3, -0.25) is 4.79 Å². The molecule has 0 radical (unpaired) electrons. The second-order valence-corrected chi connectivity index (χ2v) is 10.8. The van der Waals surface area contributed by atoms with E-state index in [-0.39, 0.29) is 30.4 Å². The summed E-state index contributed by atoms with van der Waals surface area (Å²) in [5.74, 6) is -1.75. The van der Waals surface area contributed by atoms with Crippen molar-refractivity contribution >= 4 is 21.8 Å². The highest BCUT2D eigenvalue weighted by Gasteiger charge is 2.29. The SMILES string of the molecule is CC(=O)NC(Cc1cc(F)cc(F)c1)C(O)CNC1=C2C=C(CC(C)(C)C)C=C(Br)C2OC=C1. The zero-order chi connectivity index (χ0) is 25.0. The smallest absolute Gasteiger partial charge is 0.217 e. The Morgan fingerprint density at radius 1 is 1.21 bits per heavy atom. The first-order valence-electron chi connectivity index (χ1n) is 11.2. The molecule has 1 aromatic carbocycles. The molecule has 8 heteroatoms. The fourth-order valence-corrected chi connectivity index (χ4v) is 4.77. The normalized spacial score (nSPS) is 19.5. The van der Waals surface area contributed by atoms with Crippen molar-refractivity contribution in [3.63, 3.8) is 0 Å². The number of rotatable bonds is 8. The third kappa shape index (κ3) is 7.27. The molecule has 3 N–H and O–H groups in total. The number of aliphatic hydroxyl groups excluding tert-OH is 1. The number of carbonyl (C=O) groups excluding carboxylic acids is 1. The summed E-state index contributed by atoms with van der Waals surface area (Å²) in [4.78, 5) is 11.7. The number of amides is 1. The number of allylic oxidation sites excluding steroid dienone is 3. The van der Waals surface area contributed by atoms with E-state index in [0.29, 0.717) is 5.56 Å². The maximum atomic E-state index is 13.6. The van der Waals surface area contributed by atoms with Gasteiger partial charge >= 0.3 is 0 Å². The van der Waals surface area contributed by atoms with Gasteiger partial charge in [0.05, 0.1) is 18.4 Å². The topological polar surface area (TPSA) is 70.6 Å². The van der Waals surface area contributed by atoms with Crippen LogP contribution in [0.1, 0.15) is 39.7 Å². The van der Waals surface area contributed by atoms with Gasteiger partial charge in [0.25, 0.3) is 0 Å². The van der Waals surface area contributed by atoms with E-state index in [0.717, 1.165) is 33.8 Å². The lowest BCUT2D eigenvalue weighted by Crippen LogP contribution is -2.48. The van der Waals surface area contributed by atoms with Gasteiger partial charge in [-0.05, 0) is 59.8 Å². The third-order valence-electron chi connectivity index (χ3n) is 5.42. The summed E-state index contributed by atoms with van der Waals surface area (Å²) >= 11 is 3.63. The summed E-state index contributed by atoms with van der Waals surface area (Å²) in [5.41, 5.74) is 3.35. The van der Waals surface area contributed by atoms with E-state index in [9.17, 15) is 18.7 Å². The van der Waals surface area contributed by atoms with Crippen LogP contribution in [0.25, 0.3) is 0 Å². The summed E-state index contributed by atoms with van der Waals surface area (Å²) in [6, 6.07) is 2.44. The van der Waals surface area contributed by atoms with Crippen LogP contribution in [0.4, 0.5) is 8.78 Å². The lowest BCUT2D eigenvalue weighted by Gasteiger charge is -2.31. The summed E-state index contributed by atoms with van der Waals surface area (Å²) < 4.78 is 33.9. The Hall–Kier alpha value is -2.45. The van der Waals surface area contributed by atoms with Gasteiger partial charge in [-0.2, -0.15) is 0 Å². The van der Waals surface area contributed by atoms with Crippen LogP contribution in [0.5, 0.6) is 0 Å². The molecule has 1 aliphatic heterocycles. The first-order valence-corrected chi connectivity index (χ1v) is 12.0. The van der Waals surface area contributed by atoms with Crippen molar-refractivity contribution in [1.82, 2.24) is 10.6 Å². The van der Waals surface area contributed by atoms with Crippen molar-refractivity contribution in [2.75, 3.05) is 6.54 Å². The molecule has 1 heterocycles. The Labute approximate surface area is 207 Å². The molecule has 184 valence electrons. The van der Waals surface area contributed by atoms with Gasteiger partial charge in [-0.15, -0.1) is 0 Å². The van der Waals surface area contributed by atoms with Gasteiger partial charge in [0.1, 0.15) is 11.6 Å². The Morgan fingerprint density at radius 3 is 2.50 bits per heavy atom. The molecule has 3 rings (SSSR count). The van der Waals surface area contributed by atoms with Gasteiger partial charge in [-0.1, -0.05) is 36.7 Å². The molecule has 5 nitrogen and oxygen atoms in total. The number of hydrogen-bond donors (Lipinski definition) is 3. The number of carbonyl (C=O) groups is 1. The monoisotopic (exact) mass is 536 g/mol. The highest BCUT2D eigenvalue weighted by atomic mass is 79.9. The molecule has 1 amide bonds. The minimum atomic E-state index is -1.02. The molecule has 0 aromatic heterocycles. The van der Waals surface area contributed by atoms with Crippen molar-refractivity contribution in [2.24, 2.45) is 5.41 Å². The van der Waals surface area contributed by atoms with Gasteiger partial charge < -0.3 is 20.5 Å². The molecule has 0 bridgehead atoms. The number of halogens is 3. The molecule has 0 saturated heterocycles. The fourth-order valence-electron chi connectivity index (χ4n) is 4.12. The van der Waals surface area contributed by atoms with Gasteiger partial charge in [-0.25, -0.2) is 8.78 Å². The van der Waals surface area contributed by atoms with E-state index in [2.05, 4.69) is 59.5 Å². The fraction of sp³-hybridized carbons (Fsp3) is 0.423. The minimum absolute atomic E-state index is 0.0779. The third-order valence-corrected chi connectivity index (χ3v) is 6.07. The molecule has 0 spiro atoms. The van der Waals surface area contributed by atoms with Crippen molar-refractivity contribution in [1.29, 1.82) is 0 Å². The molecule has 2 aliphatic rings. The Morgan fingerprint density at radius 2 is 1.88 bits per heavy atom. The van der Waals surface area contributed by atoms with E-state index >= 15 is 0 Å². The minimum Gasteiger partial charge on any atom is -0.488 e. The van der Waals surface area contributed by atoms with Crippen LogP contribution >= 0.6 is 15.9 Å². The van der Waals surface area contributed by atoms with Crippen molar-refractivity contribution in [3.05, 3.63) is 81.2 Å². The Balaban J connectivity index is 1.77. The zero-order valence-corrected chi connectivity index (χ0v) is 21.4. The number of fused-ring (bicyclic) bond motifs is 1. The van der Waals surface area contributed by atoms with Gasteiger partial charge in [0, 0.05) is 35.3 Å². The van der Waals surface area contributed by atoms with Crippen LogP contribution in [-0.2, 0) is 16.0 Å². The second-order valence-electron chi connectivity index (χ2n) is 9.91. The van der Waals surface area contributed by atoms with Crippen LogP contribution < -0.4 is 10.6 Å². The first-order chi connectivity index (χ1) is 15.9. The number of hydrogen-bond acceptors (Lipinski definition) is 4. The van der Waals surface area contributed by atoms with E-state index in [1.807, 2.05) is 0 Å². The maximum Gasteiger partial charge on any atom is 0.217 e. The number of ether oxygens (including phenoxy) is 1. The summed E-state index contributed by atoms with van der Waals surface area (Å²) in [5, 5.41) is 16.8. The zero-order valence-electron chi connectivity index (χ0n) is 19.8. The molecule has 0 fully saturated rings. The van der Waals surface area contributed by atoms with Crippen LogP contribution in [-0.4, -0.2) is 35.8 Å². The molecule has 1 aromatic rings. The highest BCUT2D eigenvalue weighted by molar-refractivity contribution is 9.11. The van der Waals surface area contributed by atoms with Gasteiger partial charge in [0.15, 0.2) is 6.10 Å². The van der Waals surface area contributed by atoms with Crippen LogP contribution in [0.3, 0.4) is 0 Å². The highest BCUT2D eigenvalue weighted by Crippen LogP contribution is 2.37. The first kappa shape index (κ1) is 26.2. The number of aliphatic hydroxyl groups is 1. The van der Waals surface area contributed by atoms with Crippen molar-refractivity contribution in [3.8, 4) is 0 Å². The molecule has 34 heavy (non-hydrogen) atoms. The maximum absolute atomic E-state index is 13.6. The summed E-state index contributed by atoms with van der Waals surface area (Å²) in [6.07, 6.45) is 7.23. The van der Waals surface area contributed by atoms with Crippen LogP contribution in [0.15, 0.2) is 64.0 Å². The standard InChI is InChI=1S/C26H31BrF2N2O3/c1-15(32)31-23(11-16-7-18(28)12-19(29)8-16)24(33)14-30-22-5-6-34-25-20(22)9-17(10-21(25)27)13-26(2,3)4/h5-10,12,23-25,30,33H,11,13-14H2,1-4H3,(H,31,32). The van der Waals surface area contributed by atoms with Crippen LogP contribution in [0.2, 0.25) is 0 Å². The summed E-state index contributed by atoms with van der Waals surface area (Å²) in [7, 11) is 0. The van der Waals surface area contributed by atoms with Crippen molar-refractivity contribution in [2.45, 2.75) is 58.8 Å². The van der Waals surface area contributed by atoms with Gasteiger partial charge in [0.2, 0.25) is 5.91 Å². The average Bonchev–Trinajstić information content (AvgIpc) is 2.69. The lowest BCUT2D eigenvalue weighted by atomic mass is 9.84. The van der Waals surface area contributed by atoms with E-state index in [4.69, 9.17) is 4.74 Å². The average molecular weight is 537 g/mol. The number of benzene rings is 1. The second kappa shape index (κ2) is 10.9. The molecule has 1 aliphatic carbocycles. The Bertz CT molecular complexity index is 1040.